The Morgan fingerprint density at radius 1 is 1.33 bits per heavy atom. The summed E-state index contributed by atoms with van der Waals surface area (Å²) in [6.45, 7) is 5.24. The standard InChI is InChI=1S/C11H15NO3/c1-7-4-8(2)11(9(3)5-7)10(13)6-12(14)15/h4-5,10,13H,6H2,1-3H3. The van der Waals surface area contributed by atoms with E-state index in [4.69, 9.17) is 0 Å². The third kappa shape index (κ3) is 2.76. The molecule has 0 radical (unpaired) electrons. The van der Waals surface area contributed by atoms with Gasteiger partial charge in [0.15, 0.2) is 0 Å². The normalized spacial score (nSPS) is 12.5. The van der Waals surface area contributed by atoms with Crippen LogP contribution in [0.5, 0.6) is 0 Å². The van der Waals surface area contributed by atoms with Crippen LogP contribution < -0.4 is 0 Å². The van der Waals surface area contributed by atoms with Crippen molar-refractivity contribution in [2.45, 2.75) is 26.9 Å². The minimum atomic E-state index is -1.01. The summed E-state index contributed by atoms with van der Waals surface area (Å²) in [5, 5.41) is 20.0. The fourth-order valence-electron chi connectivity index (χ4n) is 1.95. The molecule has 0 aliphatic carbocycles. The summed E-state index contributed by atoms with van der Waals surface area (Å²) in [4.78, 5) is 9.82. The summed E-state index contributed by atoms with van der Waals surface area (Å²) in [5.41, 5.74) is 3.59. The lowest BCUT2D eigenvalue weighted by atomic mass is 9.96. The van der Waals surface area contributed by atoms with Crippen LogP contribution in [-0.4, -0.2) is 16.6 Å². The van der Waals surface area contributed by atoms with E-state index in [9.17, 15) is 15.2 Å². The highest BCUT2D eigenvalue weighted by Gasteiger charge is 2.18. The van der Waals surface area contributed by atoms with Gasteiger partial charge in [0.1, 0.15) is 6.10 Å². The fraction of sp³-hybridized carbons (Fsp3) is 0.455. The average Bonchev–Trinajstić information content (AvgIpc) is 1.99. The Morgan fingerprint density at radius 2 is 1.80 bits per heavy atom. The van der Waals surface area contributed by atoms with E-state index in [0.29, 0.717) is 5.56 Å². The molecular formula is C11H15NO3. The molecule has 1 unspecified atom stereocenters. The maximum atomic E-state index is 10.3. The van der Waals surface area contributed by atoms with E-state index in [1.165, 1.54) is 0 Å². The number of aliphatic hydroxyl groups is 1. The molecule has 0 saturated heterocycles. The molecule has 4 nitrogen and oxygen atoms in total. The Balaban J connectivity index is 3.08. The molecule has 0 aromatic heterocycles. The van der Waals surface area contributed by atoms with Gasteiger partial charge in [0, 0.05) is 4.92 Å². The Kier molecular flexibility index (Phi) is 3.42. The second kappa shape index (κ2) is 4.40. The fourth-order valence-corrected chi connectivity index (χ4v) is 1.95. The van der Waals surface area contributed by atoms with Gasteiger partial charge in [-0.25, -0.2) is 0 Å². The van der Waals surface area contributed by atoms with Gasteiger partial charge >= 0.3 is 0 Å². The molecule has 0 aliphatic heterocycles. The highest BCUT2D eigenvalue weighted by atomic mass is 16.6. The van der Waals surface area contributed by atoms with Crippen LogP contribution in [0.25, 0.3) is 0 Å². The van der Waals surface area contributed by atoms with E-state index in [1.807, 2.05) is 32.9 Å². The van der Waals surface area contributed by atoms with Gasteiger partial charge in [-0.15, -0.1) is 0 Å². The van der Waals surface area contributed by atoms with Crippen LogP contribution in [0.15, 0.2) is 12.1 Å². The Labute approximate surface area is 88.7 Å². The van der Waals surface area contributed by atoms with E-state index in [0.717, 1.165) is 16.7 Å². The van der Waals surface area contributed by atoms with Gasteiger partial charge in [-0.3, -0.25) is 10.1 Å². The molecule has 0 heterocycles. The lowest BCUT2D eigenvalue weighted by Crippen LogP contribution is -2.14. The largest absolute Gasteiger partial charge is 0.381 e. The van der Waals surface area contributed by atoms with Crippen LogP contribution in [0.1, 0.15) is 28.4 Å². The molecule has 0 fully saturated rings. The molecule has 0 spiro atoms. The topological polar surface area (TPSA) is 63.4 Å². The summed E-state index contributed by atoms with van der Waals surface area (Å²) >= 11 is 0. The lowest BCUT2D eigenvalue weighted by molar-refractivity contribution is -0.491. The van der Waals surface area contributed by atoms with E-state index in [1.54, 1.807) is 0 Å². The first-order valence-corrected chi connectivity index (χ1v) is 4.79. The monoisotopic (exact) mass is 209 g/mol. The predicted octanol–water partition coefficient (Wildman–Crippen LogP) is 1.92. The van der Waals surface area contributed by atoms with Crippen LogP contribution in [0, 0.1) is 30.9 Å². The molecule has 1 aromatic carbocycles. The highest BCUT2D eigenvalue weighted by molar-refractivity contribution is 5.38. The third-order valence-electron chi connectivity index (χ3n) is 2.39. The van der Waals surface area contributed by atoms with Crippen LogP contribution in [0.2, 0.25) is 0 Å². The van der Waals surface area contributed by atoms with E-state index in [-0.39, 0.29) is 0 Å². The number of nitro groups is 1. The molecule has 0 amide bonds. The molecule has 0 bridgehead atoms. The quantitative estimate of drug-likeness (QED) is 0.611. The second-order valence-electron chi connectivity index (χ2n) is 3.84. The maximum absolute atomic E-state index is 10.3. The number of rotatable bonds is 3. The molecule has 1 aromatic rings. The van der Waals surface area contributed by atoms with Crippen molar-refractivity contribution in [2.24, 2.45) is 0 Å². The predicted molar refractivity (Wildman–Crippen MR) is 57.5 cm³/mol. The minimum absolute atomic E-state index is 0.440. The summed E-state index contributed by atoms with van der Waals surface area (Å²) in [6.07, 6.45) is -1.01. The Morgan fingerprint density at radius 3 is 2.20 bits per heavy atom. The number of benzene rings is 1. The van der Waals surface area contributed by atoms with Gasteiger partial charge in [-0.1, -0.05) is 17.7 Å². The number of aliphatic hydroxyl groups excluding tert-OH is 1. The molecule has 4 heteroatoms. The lowest BCUT2D eigenvalue weighted by Gasteiger charge is -2.14. The van der Waals surface area contributed by atoms with Crippen molar-refractivity contribution in [2.75, 3.05) is 6.54 Å². The Hall–Kier alpha value is -1.42. The van der Waals surface area contributed by atoms with Gasteiger partial charge in [0.05, 0.1) is 0 Å². The molecule has 82 valence electrons. The first kappa shape index (κ1) is 11.7. The van der Waals surface area contributed by atoms with Crippen LogP contribution >= 0.6 is 0 Å². The molecule has 1 N–H and O–H groups in total. The molecule has 1 rings (SSSR count). The molecular weight excluding hydrogens is 194 g/mol. The van der Waals surface area contributed by atoms with Crippen molar-refractivity contribution in [1.82, 2.24) is 0 Å². The summed E-state index contributed by atoms with van der Waals surface area (Å²) < 4.78 is 0. The van der Waals surface area contributed by atoms with Gasteiger partial charge < -0.3 is 5.11 Å². The number of hydrogen-bond donors (Lipinski definition) is 1. The maximum Gasteiger partial charge on any atom is 0.233 e. The van der Waals surface area contributed by atoms with Crippen molar-refractivity contribution in [1.29, 1.82) is 0 Å². The minimum Gasteiger partial charge on any atom is -0.381 e. The molecule has 1 atom stereocenters. The number of aryl methyl sites for hydroxylation is 3. The van der Waals surface area contributed by atoms with Crippen LogP contribution in [0.3, 0.4) is 0 Å². The first-order chi connectivity index (χ1) is 6.91. The average molecular weight is 209 g/mol. The summed E-state index contributed by atoms with van der Waals surface area (Å²) in [6, 6.07) is 3.84. The molecule has 0 aliphatic rings. The van der Waals surface area contributed by atoms with E-state index >= 15 is 0 Å². The number of hydrogen-bond acceptors (Lipinski definition) is 3. The highest BCUT2D eigenvalue weighted by Crippen LogP contribution is 2.23. The van der Waals surface area contributed by atoms with Gasteiger partial charge in [-0.2, -0.15) is 0 Å². The van der Waals surface area contributed by atoms with Crippen molar-refractivity contribution >= 4 is 0 Å². The zero-order valence-electron chi connectivity index (χ0n) is 9.15. The Bertz CT molecular complexity index is 364. The van der Waals surface area contributed by atoms with Crippen molar-refractivity contribution < 1.29 is 10.0 Å². The molecule has 15 heavy (non-hydrogen) atoms. The third-order valence-corrected chi connectivity index (χ3v) is 2.39. The van der Waals surface area contributed by atoms with Gasteiger partial charge in [0.2, 0.25) is 6.54 Å². The van der Waals surface area contributed by atoms with Gasteiger partial charge in [-0.05, 0) is 37.5 Å². The van der Waals surface area contributed by atoms with Crippen molar-refractivity contribution in [3.63, 3.8) is 0 Å². The summed E-state index contributed by atoms with van der Waals surface area (Å²) in [5.74, 6) is 0. The SMILES string of the molecule is Cc1cc(C)c(C(O)C[N+](=O)[O-])c(C)c1. The first-order valence-electron chi connectivity index (χ1n) is 4.79. The van der Waals surface area contributed by atoms with Crippen molar-refractivity contribution in [3.8, 4) is 0 Å². The zero-order valence-corrected chi connectivity index (χ0v) is 9.15. The van der Waals surface area contributed by atoms with E-state index < -0.39 is 17.6 Å². The summed E-state index contributed by atoms with van der Waals surface area (Å²) in [7, 11) is 0. The number of nitrogens with zero attached hydrogens (tertiary/aromatic N) is 1. The van der Waals surface area contributed by atoms with Crippen molar-refractivity contribution in [3.05, 3.63) is 44.5 Å². The van der Waals surface area contributed by atoms with E-state index in [2.05, 4.69) is 0 Å². The second-order valence-corrected chi connectivity index (χ2v) is 3.84. The van der Waals surface area contributed by atoms with Crippen LogP contribution in [0.4, 0.5) is 0 Å². The van der Waals surface area contributed by atoms with Crippen LogP contribution in [-0.2, 0) is 0 Å². The zero-order chi connectivity index (χ0) is 11.6. The van der Waals surface area contributed by atoms with Gasteiger partial charge in [0.25, 0.3) is 0 Å². The molecule has 0 saturated carbocycles. The smallest absolute Gasteiger partial charge is 0.233 e.